The minimum atomic E-state index is -0.392. The van der Waals surface area contributed by atoms with Gasteiger partial charge >= 0.3 is 0 Å². The Balaban J connectivity index is 2.72. The topological polar surface area (TPSA) is 56.0 Å². The van der Waals surface area contributed by atoms with Crippen LogP contribution in [0.25, 0.3) is 10.9 Å². The van der Waals surface area contributed by atoms with Gasteiger partial charge < -0.3 is 0 Å². The van der Waals surface area contributed by atoms with Gasteiger partial charge in [0.1, 0.15) is 0 Å². The molecule has 0 N–H and O–H groups in total. The van der Waals surface area contributed by atoms with Gasteiger partial charge in [0, 0.05) is 22.4 Å². The largest absolute Gasteiger partial charge is 0.270 e. The van der Waals surface area contributed by atoms with Gasteiger partial charge in [0.25, 0.3) is 5.69 Å². The van der Waals surface area contributed by atoms with Crippen molar-refractivity contribution in [3.63, 3.8) is 0 Å². The molecule has 1 heterocycles. The zero-order valence-electron chi connectivity index (χ0n) is 6.85. The van der Waals surface area contributed by atoms with E-state index in [9.17, 15) is 10.1 Å². The van der Waals surface area contributed by atoms with Crippen LogP contribution in [0.4, 0.5) is 5.69 Å². The summed E-state index contributed by atoms with van der Waals surface area (Å²) >= 11 is 1.37. The molecule has 2 aromatic rings. The Hall–Kier alpha value is -1.49. The summed E-state index contributed by atoms with van der Waals surface area (Å²) < 4.78 is 4.14. The summed E-state index contributed by atoms with van der Waals surface area (Å²) in [6.45, 7) is 1.91. The molecule has 0 atom stereocenters. The summed E-state index contributed by atoms with van der Waals surface area (Å²) in [7, 11) is 0. The number of nitro groups is 1. The summed E-state index contributed by atoms with van der Waals surface area (Å²) in [5.74, 6) is 0. The zero-order valence-corrected chi connectivity index (χ0v) is 7.67. The van der Waals surface area contributed by atoms with Gasteiger partial charge in [-0.3, -0.25) is 10.1 Å². The maximum atomic E-state index is 10.5. The number of aromatic nitrogens is 1. The molecule has 1 aromatic heterocycles. The third-order valence-electron chi connectivity index (χ3n) is 1.85. The van der Waals surface area contributed by atoms with Crippen molar-refractivity contribution >= 4 is 28.1 Å². The zero-order chi connectivity index (χ0) is 9.42. The van der Waals surface area contributed by atoms with Gasteiger partial charge in [0.15, 0.2) is 0 Å². The van der Waals surface area contributed by atoms with Crippen molar-refractivity contribution in [3.05, 3.63) is 33.2 Å². The highest BCUT2D eigenvalue weighted by atomic mass is 32.1. The normalized spacial score (nSPS) is 10.5. The number of non-ortho nitro benzene ring substituents is 1. The molecule has 13 heavy (non-hydrogen) atoms. The molecule has 5 heteroatoms. The van der Waals surface area contributed by atoms with E-state index in [4.69, 9.17) is 0 Å². The Morgan fingerprint density at radius 2 is 2.31 bits per heavy atom. The first kappa shape index (κ1) is 8.12. The molecular formula is C8H6N2O2S. The molecule has 0 amide bonds. The van der Waals surface area contributed by atoms with Crippen LogP contribution in [0.2, 0.25) is 0 Å². The summed E-state index contributed by atoms with van der Waals surface area (Å²) in [6.07, 6.45) is 0. The van der Waals surface area contributed by atoms with Crippen LogP contribution in [-0.4, -0.2) is 9.30 Å². The van der Waals surface area contributed by atoms with Gasteiger partial charge in [0.05, 0.1) is 10.4 Å². The van der Waals surface area contributed by atoms with Crippen molar-refractivity contribution in [2.45, 2.75) is 6.92 Å². The number of hydrogen-bond acceptors (Lipinski definition) is 4. The van der Waals surface area contributed by atoms with Crippen LogP contribution in [0.3, 0.4) is 0 Å². The SMILES string of the molecule is Cc1snc2ccc([N+](=O)[O-])cc12. The lowest BCUT2D eigenvalue weighted by molar-refractivity contribution is -0.384. The molecule has 0 fully saturated rings. The van der Waals surface area contributed by atoms with Crippen molar-refractivity contribution < 1.29 is 4.92 Å². The molecule has 0 aliphatic rings. The molecule has 66 valence electrons. The molecule has 0 spiro atoms. The quantitative estimate of drug-likeness (QED) is 0.517. The molecule has 0 aliphatic carbocycles. The first-order chi connectivity index (χ1) is 6.18. The molecule has 0 aliphatic heterocycles. The number of benzene rings is 1. The van der Waals surface area contributed by atoms with Crippen LogP contribution in [0.1, 0.15) is 4.88 Å². The average molecular weight is 194 g/mol. The number of fused-ring (bicyclic) bond motifs is 1. The highest BCUT2D eigenvalue weighted by Crippen LogP contribution is 2.25. The second-order valence-electron chi connectivity index (χ2n) is 2.70. The summed E-state index contributed by atoms with van der Waals surface area (Å²) in [5, 5.41) is 11.3. The second-order valence-corrected chi connectivity index (χ2v) is 3.67. The maximum Gasteiger partial charge on any atom is 0.270 e. The summed E-state index contributed by atoms with van der Waals surface area (Å²) in [6, 6.07) is 4.71. The maximum absolute atomic E-state index is 10.5. The van der Waals surface area contributed by atoms with Crippen LogP contribution in [0.15, 0.2) is 18.2 Å². The average Bonchev–Trinajstić information content (AvgIpc) is 2.47. The van der Waals surface area contributed by atoms with Crippen LogP contribution in [0, 0.1) is 17.0 Å². The third kappa shape index (κ3) is 1.27. The van der Waals surface area contributed by atoms with Crippen LogP contribution < -0.4 is 0 Å². The van der Waals surface area contributed by atoms with Gasteiger partial charge in [-0.05, 0) is 24.5 Å². The van der Waals surface area contributed by atoms with E-state index in [0.29, 0.717) is 0 Å². The van der Waals surface area contributed by atoms with Crippen LogP contribution in [-0.2, 0) is 0 Å². The standard InChI is InChI=1S/C8H6N2O2S/c1-5-7-4-6(10(11)12)2-3-8(7)9-13-5/h2-4H,1H3. The van der Waals surface area contributed by atoms with E-state index in [1.54, 1.807) is 12.1 Å². The van der Waals surface area contributed by atoms with E-state index in [-0.39, 0.29) is 5.69 Å². The number of nitrogens with zero attached hydrogens (tertiary/aromatic N) is 2. The van der Waals surface area contributed by atoms with Gasteiger partial charge in [-0.1, -0.05) is 0 Å². The Morgan fingerprint density at radius 3 is 3.00 bits per heavy atom. The van der Waals surface area contributed by atoms with Gasteiger partial charge in [-0.2, -0.15) is 4.37 Å². The Bertz CT molecular complexity index is 478. The lowest BCUT2D eigenvalue weighted by atomic mass is 10.2. The van der Waals surface area contributed by atoms with Gasteiger partial charge in [-0.15, -0.1) is 0 Å². The molecule has 0 bridgehead atoms. The van der Waals surface area contributed by atoms with Gasteiger partial charge in [-0.25, -0.2) is 0 Å². The van der Waals surface area contributed by atoms with Crippen LogP contribution >= 0.6 is 11.5 Å². The fourth-order valence-corrected chi connectivity index (χ4v) is 1.82. The van der Waals surface area contributed by atoms with Crippen molar-refractivity contribution in [2.75, 3.05) is 0 Å². The van der Waals surface area contributed by atoms with Crippen molar-refractivity contribution in [2.24, 2.45) is 0 Å². The highest BCUT2D eigenvalue weighted by molar-refractivity contribution is 7.07. The van der Waals surface area contributed by atoms with E-state index < -0.39 is 4.92 Å². The second kappa shape index (κ2) is 2.77. The lowest BCUT2D eigenvalue weighted by Crippen LogP contribution is -1.86. The minimum absolute atomic E-state index is 0.121. The Morgan fingerprint density at radius 1 is 1.54 bits per heavy atom. The van der Waals surface area contributed by atoms with E-state index in [1.165, 1.54) is 17.6 Å². The molecule has 1 aromatic carbocycles. The van der Waals surface area contributed by atoms with Crippen molar-refractivity contribution in [3.8, 4) is 0 Å². The lowest BCUT2D eigenvalue weighted by Gasteiger charge is -1.91. The molecule has 0 saturated heterocycles. The molecule has 0 unspecified atom stereocenters. The molecular weight excluding hydrogens is 188 g/mol. The summed E-state index contributed by atoms with van der Waals surface area (Å²) in [5.41, 5.74) is 0.948. The fourth-order valence-electron chi connectivity index (χ4n) is 1.17. The minimum Gasteiger partial charge on any atom is -0.258 e. The molecule has 2 rings (SSSR count). The monoisotopic (exact) mass is 194 g/mol. The summed E-state index contributed by atoms with van der Waals surface area (Å²) in [4.78, 5) is 11.1. The first-order valence-electron chi connectivity index (χ1n) is 3.69. The number of nitro benzene ring substituents is 1. The smallest absolute Gasteiger partial charge is 0.258 e. The fraction of sp³-hybridized carbons (Fsp3) is 0.125. The molecule has 0 radical (unpaired) electrons. The number of hydrogen-bond donors (Lipinski definition) is 0. The van der Waals surface area contributed by atoms with Crippen molar-refractivity contribution in [1.82, 2.24) is 4.37 Å². The van der Waals surface area contributed by atoms with E-state index in [1.807, 2.05) is 6.92 Å². The Kier molecular flexibility index (Phi) is 1.73. The third-order valence-corrected chi connectivity index (χ3v) is 2.63. The van der Waals surface area contributed by atoms with Gasteiger partial charge in [0.2, 0.25) is 0 Å². The predicted molar refractivity (Wildman–Crippen MR) is 51.0 cm³/mol. The number of rotatable bonds is 1. The Labute approximate surface area is 78.1 Å². The van der Waals surface area contributed by atoms with E-state index in [2.05, 4.69) is 4.37 Å². The van der Waals surface area contributed by atoms with Crippen LogP contribution in [0.5, 0.6) is 0 Å². The van der Waals surface area contributed by atoms with E-state index in [0.717, 1.165) is 15.8 Å². The predicted octanol–water partition coefficient (Wildman–Crippen LogP) is 2.51. The first-order valence-corrected chi connectivity index (χ1v) is 4.46. The van der Waals surface area contributed by atoms with E-state index >= 15 is 0 Å². The number of aryl methyl sites for hydroxylation is 1. The molecule has 0 saturated carbocycles. The highest BCUT2D eigenvalue weighted by Gasteiger charge is 2.08. The molecule has 4 nitrogen and oxygen atoms in total. The van der Waals surface area contributed by atoms with Crippen molar-refractivity contribution in [1.29, 1.82) is 0 Å².